The fraction of sp³-hybridized carbons (Fsp3) is 0.500. The average molecular weight is 532 g/mol. The van der Waals surface area contributed by atoms with Crippen LogP contribution < -0.4 is 5.32 Å². The lowest BCUT2D eigenvalue weighted by molar-refractivity contribution is -0.130. The van der Waals surface area contributed by atoms with Crippen molar-refractivity contribution in [2.75, 3.05) is 44.6 Å². The van der Waals surface area contributed by atoms with Crippen LogP contribution in [0.15, 0.2) is 48.5 Å². The third-order valence-electron chi connectivity index (χ3n) is 7.18. The normalized spacial score (nSPS) is 19.3. The molecule has 2 aromatic rings. The van der Waals surface area contributed by atoms with Crippen molar-refractivity contribution >= 4 is 40.8 Å². The number of aryl methyl sites for hydroxylation is 1. The van der Waals surface area contributed by atoms with Crippen LogP contribution in [0.2, 0.25) is 10.0 Å². The van der Waals surface area contributed by atoms with Crippen molar-refractivity contribution in [1.82, 2.24) is 14.7 Å². The minimum absolute atomic E-state index is 0.0746. The number of nitrogens with zero attached hydrogens (tertiary/aromatic N) is 3. The first-order valence-corrected chi connectivity index (χ1v) is 13.8. The Hall–Kier alpha value is -2.28. The molecule has 194 valence electrons. The molecule has 1 unspecified atom stereocenters. The highest BCUT2D eigenvalue weighted by molar-refractivity contribution is 6.42. The van der Waals surface area contributed by atoms with E-state index in [-0.39, 0.29) is 18.0 Å². The van der Waals surface area contributed by atoms with E-state index in [9.17, 15) is 9.59 Å². The Kier molecular flexibility index (Phi) is 9.90. The molecule has 2 heterocycles. The molecule has 2 fully saturated rings. The van der Waals surface area contributed by atoms with Gasteiger partial charge in [0.1, 0.15) is 0 Å². The molecule has 2 aliphatic heterocycles. The molecule has 1 atom stereocenters. The Balaban J connectivity index is 1.43. The number of amides is 3. The molecule has 6 nitrogen and oxygen atoms in total. The van der Waals surface area contributed by atoms with Crippen LogP contribution in [0.4, 0.5) is 10.5 Å². The summed E-state index contributed by atoms with van der Waals surface area (Å²) in [5, 5.41) is 3.79. The number of piperidine rings is 1. The second kappa shape index (κ2) is 13.3. The molecule has 0 bridgehead atoms. The van der Waals surface area contributed by atoms with Crippen LogP contribution in [0.5, 0.6) is 0 Å². The van der Waals surface area contributed by atoms with E-state index >= 15 is 0 Å². The Morgan fingerprint density at radius 2 is 1.72 bits per heavy atom. The largest absolute Gasteiger partial charge is 0.341 e. The van der Waals surface area contributed by atoms with Crippen molar-refractivity contribution in [3.63, 3.8) is 0 Å². The van der Waals surface area contributed by atoms with Crippen molar-refractivity contribution in [1.29, 1.82) is 0 Å². The maximum absolute atomic E-state index is 13.4. The van der Waals surface area contributed by atoms with E-state index in [2.05, 4.69) is 22.3 Å². The average Bonchev–Trinajstić information content (AvgIpc) is 3.05. The van der Waals surface area contributed by atoms with Crippen molar-refractivity contribution < 1.29 is 9.59 Å². The molecular weight excluding hydrogens is 495 g/mol. The highest BCUT2D eigenvalue weighted by atomic mass is 35.5. The number of rotatable bonds is 8. The van der Waals surface area contributed by atoms with Gasteiger partial charge < -0.3 is 20.0 Å². The van der Waals surface area contributed by atoms with Crippen molar-refractivity contribution in [3.05, 3.63) is 64.1 Å². The van der Waals surface area contributed by atoms with Gasteiger partial charge in [0, 0.05) is 31.7 Å². The zero-order chi connectivity index (χ0) is 25.3. The van der Waals surface area contributed by atoms with Gasteiger partial charge in [0.15, 0.2) is 0 Å². The lowest BCUT2D eigenvalue weighted by Crippen LogP contribution is -2.47. The predicted molar refractivity (Wildman–Crippen MR) is 147 cm³/mol. The number of hydrogen-bond acceptors (Lipinski definition) is 3. The summed E-state index contributed by atoms with van der Waals surface area (Å²) < 4.78 is 0. The van der Waals surface area contributed by atoms with Crippen molar-refractivity contribution in [2.45, 2.75) is 51.0 Å². The first kappa shape index (κ1) is 26.8. The number of carbonyl (C=O) groups is 2. The van der Waals surface area contributed by atoms with Gasteiger partial charge in [0.25, 0.3) is 0 Å². The summed E-state index contributed by atoms with van der Waals surface area (Å²) in [7, 11) is 0. The molecular formula is C28H36Cl2N4O2. The van der Waals surface area contributed by atoms with Gasteiger partial charge in [-0.3, -0.25) is 4.79 Å². The number of anilines is 1. The number of halogens is 2. The van der Waals surface area contributed by atoms with Gasteiger partial charge in [-0.25, -0.2) is 4.79 Å². The molecule has 3 amide bonds. The summed E-state index contributed by atoms with van der Waals surface area (Å²) >= 11 is 12.2. The second-order valence-corrected chi connectivity index (χ2v) is 10.6. The molecule has 0 radical (unpaired) electrons. The fourth-order valence-corrected chi connectivity index (χ4v) is 5.46. The molecule has 0 spiro atoms. The topological polar surface area (TPSA) is 55.9 Å². The lowest BCUT2D eigenvalue weighted by atomic mass is 10.0. The zero-order valence-electron chi connectivity index (χ0n) is 20.8. The Labute approximate surface area is 224 Å². The first-order chi connectivity index (χ1) is 17.5. The van der Waals surface area contributed by atoms with Gasteiger partial charge in [0.05, 0.1) is 16.1 Å². The molecule has 36 heavy (non-hydrogen) atoms. The highest BCUT2D eigenvalue weighted by Gasteiger charge is 2.31. The summed E-state index contributed by atoms with van der Waals surface area (Å²) in [6, 6.07) is 15.1. The van der Waals surface area contributed by atoms with Crippen molar-refractivity contribution in [3.8, 4) is 0 Å². The number of carbonyl (C=O) groups excluding carboxylic acids is 2. The maximum atomic E-state index is 13.4. The maximum Gasteiger partial charge on any atom is 0.322 e. The number of nitrogens with one attached hydrogen (secondary N) is 1. The van der Waals surface area contributed by atoms with Crippen LogP contribution in [0, 0.1) is 0 Å². The first-order valence-electron chi connectivity index (χ1n) is 13.1. The number of urea groups is 1. The van der Waals surface area contributed by atoms with Gasteiger partial charge in [-0.05, 0) is 75.5 Å². The lowest BCUT2D eigenvalue weighted by Gasteiger charge is -2.32. The Bertz CT molecular complexity index is 1010. The fourth-order valence-electron chi connectivity index (χ4n) is 5.16. The number of likely N-dealkylation sites (tertiary alicyclic amines) is 1. The molecule has 4 rings (SSSR count). The van der Waals surface area contributed by atoms with E-state index in [1.807, 2.05) is 28.0 Å². The summed E-state index contributed by atoms with van der Waals surface area (Å²) in [5.41, 5.74) is 1.82. The van der Waals surface area contributed by atoms with E-state index < -0.39 is 0 Å². The standard InChI is InChI=1S/C28H36Cl2N4O2/c29-25-13-11-23(20-26(25)30)31-28(36)34-19-14-27(35)33(18-7-17-32-15-5-2-6-16-32)21-24(34)12-10-22-8-3-1-4-9-22/h1,3-4,8-9,11,13,20,24H,2,5-7,10,12,14-19,21H2,(H,31,36). The van der Waals surface area contributed by atoms with Crippen LogP contribution >= 0.6 is 23.2 Å². The summed E-state index contributed by atoms with van der Waals surface area (Å²) in [6.45, 7) is 5.04. The smallest absolute Gasteiger partial charge is 0.322 e. The van der Waals surface area contributed by atoms with Crippen LogP contribution in [0.25, 0.3) is 0 Å². The number of hydrogen-bond donors (Lipinski definition) is 1. The predicted octanol–water partition coefficient (Wildman–Crippen LogP) is 5.94. The van der Waals surface area contributed by atoms with Crippen LogP contribution in [-0.2, 0) is 11.2 Å². The van der Waals surface area contributed by atoms with E-state index in [0.717, 1.165) is 45.4 Å². The van der Waals surface area contributed by atoms with E-state index in [0.29, 0.717) is 35.2 Å². The van der Waals surface area contributed by atoms with Gasteiger partial charge >= 0.3 is 6.03 Å². The van der Waals surface area contributed by atoms with Gasteiger partial charge in [-0.15, -0.1) is 0 Å². The SMILES string of the molecule is O=C1CCN(C(=O)Nc2ccc(Cl)c(Cl)c2)C(CCc2ccccc2)CN1CCCN1CCCCC1. The second-order valence-electron chi connectivity index (χ2n) is 9.78. The molecule has 0 aromatic heterocycles. The van der Waals surface area contributed by atoms with Gasteiger partial charge in [-0.1, -0.05) is 60.0 Å². The van der Waals surface area contributed by atoms with Gasteiger partial charge in [-0.2, -0.15) is 0 Å². The van der Waals surface area contributed by atoms with Gasteiger partial charge in [0.2, 0.25) is 5.91 Å². The molecule has 2 aromatic carbocycles. The molecule has 2 saturated heterocycles. The third-order valence-corrected chi connectivity index (χ3v) is 7.92. The molecule has 2 aliphatic rings. The van der Waals surface area contributed by atoms with E-state index in [4.69, 9.17) is 23.2 Å². The monoisotopic (exact) mass is 530 g/mol. The molecule has 8 heteroatoms. The van der Waals surface area contributed by atoms with E-state index in [1.54, 1.807) is 18.2 Å². The van der Waals surface area contributed by atoms with Crippen molar-refractivity contribution in [2.24, 2.45) is 0 Å². The Morgan fingerprint density at radius 1 is 0.944 bits per heavy atom. The molecule has 0 aliphatic carbocycles. The highest BCUT2D eigenvalue weighted by Crippen LogP contribution is 2.26. The zero-order valence-corrected chi connectivity index (χ0v) is 22.3. The van der Waals surface area contributed by atoms with Crippen LogP contribution in [0.1, 0.15) is 44.1 Å². The summed E-state index contributed by atoms with van der Waals surface area (Å²) in [4.78, 5) is 32.7. The Morgan fingerprint density at radius 3 is 2.47 bits per heavy atom. The minimum Gasteiger partial charge on any atom is -0.341 e. The molecule has 1 N–H and O–H groups in total. The quantitative estimate of drug-likeness (QED) is 0.459. The van der Waals surface area contributed by atoms with Crippen LogP contribution in [-0.4, -0.2) is 71.9 Å². The van der Waals surface area contributed by atoms with Crippen LogP contribution in [0.3, 0.4) is 0 Å². The minimum atomic E-state index is -0.214. The summed E-state index contributed by atoms with van der Waals surface area (Å²) in [5.74, 6) is 0.128. The third kappa shape index (κ3) is 7.61. The number of benzene rings is 2. The van der Waals surface area contributed by atoms with E-state index in [1.165, 1.54) is 24.8 Å². The summed E-state index contributed by atoms with van der Waals surface area (Å²) in [6.07, 6.45) is 6.80. The molecule has 0 saturated carbocycles.